The molecule has 4 nitrogen and oxygen atoms in total. The van der Waals surface area contributed by atoms with Gasteiger partial charge in [-0.05, 0) is 48.2 Å². The molecule has 0 saturated carbocycles. The van der Waals surface area contributed by atoms with Crippen molar-refractivity contribution in [1.29, 1.82) is 0 Å². The van der Waals surface area contributed by atoms with Crippen molar-refractivity contribution in [1.82, 2.24) is 0 Å². The van der Waals surface area contributed by atoms with Gasteiger partial charge in [-0.3, -0.25) is 4.79 Å². The Morgan fingerprint density at radius 2 is 1.36 bits per heavy atom. The second-order valence-corrected chi connectivity index (χ2v) is 6.24. The molecule has 25 heavy (non-hydrogen) atoms. The van der Waals surface area contributed by atoms with E-state index in [0.29, 0.717) is 13.0 Å². The molecule has 0 aliphatic carbocycles. The first-order valence-corrected chi connectivity index (χ1v) is 8.80. The molecule has 0 fully saturated rings. The molecule has 0 aromatic heterocycles. The summed E-state index contributed by atoms with van der Waals surface area (Å²) in [4.78, 5) is 13.2. The smallest absolute Gasteiger partial charge is 0.321 e. The molecule has 0 heterocycles. The highest BCUT2D eigenvalue weighted by molar-refractivity contribution is 5.87. The average Bonchev–Trinajstić information content (AvgIpc) is 2.63. The number of hydrogen-bond donors (Lipinski definition) is 2. The van der Waals surface area contributed by atoms with Crippen molar-refractivity contribution in [2.24, 2.45) is 0 Å². The zero-order valence-corrected chi connectivity index (χ0v) is 14.9. The summed E-state index contributed by atoms with van der Waals surface area (Å²) in [5.41, 5.74) is 0.614. The number of phenolic OH excluding ortho intramolecular Hbond substituents is 2. The predicted octanol–water partition coefficient (Wildman–Crippen LogP) is 4.53. The first kappa shape index (κ1) is 18.8. The van der Waals surface area contributed by atoms with E-state index >= 15 is 0 Å². The summed E-state index contributed by atoms with van der Waals surface area (Å²) in [6.45, 7) is 4.40. The van der Waals surface area contributed by atoms with E-state index in [4.69, 9.17) is 4.74 Å². The zero-order valence-electron chi connectivity index (χ0n) is 14.9. The summed E-state index contributed by atoms with van der Waals surface area (Å²) in [6.07, 6.45) is 3.14. The summed E-state index contributed by atoms with van der Waals surface area (Å²) in [6, 6.07) is 13.4. The minimum absolute atomic E-state index is 0.153. The van der Waals surface area contributed by atoms with Gasteiger partial charge in [0, 0.05) is 0 Å². The molecular weight excluding hydrogens is 316 g/mol. The minimum atomic E-state index is -0.952. The van der Waals surface area contributed by atoms with Gasteiger partial charge in [-0.15, -0.1) is 0 Å². The van der Waals surface area contributed by atoms with Crippen LogP contribution in [0.1, 0.15) is 50.7 Å². The highest BCUT2D eigenvalue weighted by Crippen LogP contribution is 2.40. The molecule has 0 aliphatic rings. The van der Waals surface area contributed by atoms with Crippen molar-refractivity contribution in [2.45, 2.75) is 44.9 Å². The van der Waals surface area contributed by atoms with Crippen molar-refractivity contribution in [3.8, 4) is 11.5 Å². The summed E-state index contributed by atoms with van der Waals surface area (Å²) >= 11 is 0. The number of phenols is 2. The highest BCUT2D eigenvalue weighted by atomic mass is 16.5. The fourth-order valence-electron chi connectivity index (χ4n) is 3.04. The molecule has 0 saturated heterocycles. The van der Waals surface area contributed by atoms with E-state index in [1.807, 2.05) is 6.92 Å². The van der Waals surface area contributed by atoms with Crippen LogP contribution in [0.4, 0.5) is 0 Å². The van der Waals surface area contributed by atoms with Gasteiger partial charge in [0.2, 0.25) is 0 Å². The monoisotopic (exact) mass is 342 g/mol. The summed E-state index contributed by atoms with van der Waals surface area (Å²) in [7, 11) is 0. The Morgan fingerprint density at radius 1 is 0.880 bits per heavy atom. The van der Waals surface area contributed by atoms with Gasteiger partial charge in [0.25, 0.3) is 0 Å². The summed E-state index contributed by atoms with van der Waals surface area (Å²) in [5, 5.41) is 19.3. The van der Waals surface area contributed by atoms with E-state index in [9.17, 15) is 15.0 Å². The normalized spacial score (nSPS) is 11.3. The molecule has 4 heteroatoms. The van der Waals surface area contributed by atoms with Crippen molar-refractivity contribution < 1.29 is 19.7 Å². The molecular formula is C21H26O4. The molecule has 2 aromatic rings. The molecule has 134 valence electrons. The van der Waals surface area contributed by atoms with Crippen LogP contribution in [0.5, 0.6) is 11.5 Å². The molecule has 2 aromatic carbocycles. The highest BCUT2D eigenvalue weighted by Gasteiger charge is 2.43. The lowest BCUT2D eigenvalue weighted by molar-refractivity contribution is -0.149. The van der Waals surface area contributed by atoms with Crippen LogP contribution in [0.2, 0.25) is 0 Å². The van der Waals surface area contributed by atoms with E-state index in [1.165, 1.54) is 0 Å². The van der Waals surface area contributed by atoms with E-state index in [-0.39, 0.29) is 17.5 Å². The maximum Gasteiger partial charge on any atom is 0.321 e. The summed E-state index contributed by atoms with van der Waals surface area (Å²) in [5.74, 6) is 0.0146. The molecule has 2 rings (SSSR count). The number of benzene rings is 2. The molecule has 0 unspecified atom stereocenters. The van der Waals surface area contributed by atoms with E-state index in [2.05, 4.69) is 6.92 Å². The van der Waals surface area contributed by atoms with Gasteiger partial charge in [-0.25, -0.2) is 0 Å². The Labute approximate surface area is 149 Å². The van der Waals surface area contributed by atoms with Crippen LogP contribution in [0, 0.1) is 0 Å². The Kier molecular flexibility index (Phi) is 6.45. The predicted molar refractivity (Wildman–Crippen MR) is 97.8 cm³/mol. The van der Waals surface area contributed by atoms with Crippen molar-refractivity contribution in [2.75, 3.05) is 6.61 Å². The first-order chi connectivity index (χ1) is 12.0. The van der Waals surface area contributed by atoms with Crippen LogP contribution < -0.4 is 0 Å². The third-order valence-corrected chi connectivity index (χ3v) is 4.41. The molecule has 0 aliphatic heterocycles. The van der Waals surface area contributed by atoms with Crippen LogP contribution in [0.25, 0.3) is 0 Å². The topological polar surface area (TPSA) is 66.8 Å². The second-order valence-electron chi connectivity index (χ2n) is 6.24. The molecule has 0 radical (unpaired) electrons. The quantitative estimate of drug-likeness (QED) is 0.692. The largest absolute Gasteiger partial charge is 0.508 e. The van der Waals surface area contributed by atoms with Crippen molar-refractivity contribution >= 4 is 5.97 Å². The average molecular weight is 342 g/mol. The number of rotatable bonds is 8. The van der Waals surface area contributed by atoms with E-state index in [1.54, 1.807) is 48.5 Å². The standard InChI is InChI=1S/C21H26O4/c1-3-5-14-21(20(24)25-15-4-2,16-6-10-18(22)11-7-16)17-8-12-19(23)13-9-17/h6-13,22-23H,3-5,14-15H2,1-2H3. The van der Waals surface area contributed by atoms with Gasteiger partial charge in [0.1, 0.15) is 16.9 Å². The van der Waals surface area contributed by atoms with Crippen LogP contribution >= 0.6 is 0 Å². The lowest BCUT2D eigenvalue weighted by Gasteiger charge is -2.33. The number of carbonyl (C=O) groups is 1. The number of carbonyl (C=O) groups excluding carboxylic acids is 1. The van der Waals surface area contributed by atoms with E-state index < -0.39 is 5.41 Å². The molecule has 2 N–H and O–H groups in total. The summed E-state index contributed by atoms with van der Waals surface area (Å²) < 4.78 is 5.56. The first-order valence-electron chi connectivity index (χ1n) is 8.80. The van der Waals surface area contributed by atoms with Crippen LogP contribution in [0.3, 0.4) is 0 Å². The lowest BCUT2D eigenvalue weighted by Crippen LogP contribution is -2.39. The Balaban J connectivity index is 2.61. The van der Waals surface area contributed by atoms with Gasteiger partial charge in [0.15, 0.2) is 0 Å². The van der Waals surface area contributed by atoms with Crippen LogP contribution in [-0.4, -0.2) is 22.8 Å². The van der Waals surface area contributed by atoms with Gasteiger partial charge in [-0.2, -0.15) is 0 Å². The van der Waals surface area contributed by atoms with Gasteiger partial charge in [-0.1, -0.05) is 51.0 Å². The number of hydrogen-bond acceptors (Lipinski definition) is 4. The number of ether oxygens (including phenoxy) is 1. The van der Waals surface area contributed by atoms with Crippen molar-refractivity contribution in [3.05, 3.63) is 59.7 Å². The van der Waals surface area contributed by atoms with Gasteiger partial charge >= 0.3 is 5.97 Å². The van der Waals surface area contributed by atoms with Gasteiger partial charge in [0.05, 0.1) is 6.61 Å². The second kappa shape index (κ2) is 8.56. The third-order valence-electron chi connectivity index (χ3n) is 4.41. The number of unbranched alkanes of at least 4 members (excludes halogenated alkanes) is 1. The maximum absolute atomic E-state index is 13.2. The minimum Gasteiger partial charge on any atom is -0.508 e. The Bertz CT molecular complexity index is 629. The Morgan fingerprint density at radius 3 is 1.76 bits per heavy atom. The molecule has 0 bridgehead atoms. The molecule has 0 atom stereocenters. The number of esters is 1. The molecule has 0 amide bonds. The van der Waals surface area contributed by atoms with Gasteiger partial charge < -0.3 is 14.9 Å². The van der Waals surface area contributed by atoms with E-state index in [0.717, 1.165) is 30.4 Å². The van der Waals surface area contributed by atoms with Crippen LogP contribution in [-0.2, 0) is 14.9 Å². The zero-order chi connectivity index (χ0) is 18.3. The number of aromatic hydroxyl groups is 2. The SMILES string of the molecule is CCCCC(C(=O)OCCC)(c1ccc(O)cc1)c1ccc(O)cc1. The lowest BCUT2D eigenvalue weighted by atomic mass is 9.71. The van der Waals surface area contributed by atoms with Crippen molar-refractivity contribution in [3.63, 3.8) is 0 Å². The third kappa shape index (κ3) is 4.13. The fourth-order valence-corrected chi connectivity index (χ4v) is 3.04. The Hall–Kier alpha value is -2.49. The van der Waals surface area contributed by atoms with Crippen LogP contribution in [0.15, 0.2) is 48.5 Å². The maximum atomic E-state index is 13.2. The molecule has 0 spiro atoms. The fraction of sp³-hybridized carbons (Fsp3) is 0.381.